The Balaban J connectivity index is 1.81. The monoisotopic (exact) mass is 313 g/mol. The Bertz CT molecular complexity index is 665. The van der Waals surface area contributed by atoms with E-state index in [2.05, 4.69) is 9.97 Å². The van der Waals surface area contributed by atoms with Crippen molar-refractivity contribution >= 4 is 6.09 Å². The van der Waals surface area contributed by atoms with Crippen LogP contribution < -0.4 is 0 Å². The molecular formula is C17H19N3O3. The number of methoxy groups -OCH3 is 1. The zero-order chi connectivity index (χ0) is 16.3. The first-order valence-electron chi connectivity index (χ1n) is 7.55. The highest BCUT2D eigenvalue weighted by atomic mass is 16.5. The van der Waals surface area contributed by atoms with E-state index in [1.807, 2.05) is 24.3 Å². The van der Waals surface area contributed by atoms with Crippen LogP contribution in [0.1, 0.15) is 18.4 Å². The average Bonchev–Trinajstić information content (AvgIpc) is 2.62. The zero-order valence-electron chi connectivity index (χ0n) is 13.0. The summed E-state index contributed by atoms with van der Waals surface area (Å²) >= 11 is 0. The molecule has 1 saturated heterocycles. The van der Waals surface area contributed by atoms with Crippen LogP contribution in [-0.4, -0.2) is 46.3 Å². The van der Waals surface area contributed by atoms with E-state index in [0.717, 1.165) is 11.1 Å². The molecule has 1 N–H and O–H groups in total. The van der Waals surface area contributed by atoms with Crippen molar-refractivity contribution in [3.8, 4) is 11.4 Å². The molecule has 1 amide bonds. The molecule has 6 nitrogen and oxygen atoms in total. The number of carbonyl (C=O) groups is 1. The van der Waals surface area contributed by atoms with Crippen molar-refractivity contribution in [1.29, 1.82) is 0 Å². The van der Waals surface area contributed by atoms with Crippen LogP contribution in [0.3, 0.4) is 0 Å². The molecule has 0 atom stereocenters. The number of carboxylic acid groups (broad SMARTS) is 1. The molecule has 120 valence electrons. The van der Waals surface area contributed by atoms with Crippen molar-refractivity contribution in [2.24, 2.45) is 0 Å². The number of likely N-dealkylation sites (tertiary alicyclic amines) is 1. The molecule has 1 aromatic heterocycles. The third kappa shape index (κ3) is 3.03. The van der Waals surface area contributed by atoms with E-state index in [0.29, 0.717) is 31.8 Å². The van der Waals surface area contributed by atoms with Gasteiger partial charge < -0.3 is 14.7 Å². The van der Waals surface area contributed by atoms with Crippen LogP contribution in [0, 0.1) is 0 Å². The number of rotatable bonds is 3. The number of hydrogen-bond donors (Lipinski definition) is 1. The van der Waals surface area contributed by atoms with Gasteiger partial charge in [-0.05, 0) is 24.5 Å². The van der Waals surface area contributed by atoms with E-state index in [4.69, 9.17) is 9.84 Å². The molecule has 0 radical (unpaired) electrons. The molecule has 23 heavy (non-hydrogen) atoms. The summed E-state index contributed by atoms with van der Waals surface area (Å²) in [5.74, 6) is 0.686. The summed E-state index contributed by atoms with van der Waals surface area (Å²) in [5.41, 5.74) is 1.58. The molecule has 2 aromatic rings. The van der Waals surface area contributed by atoms with Crippen LogP contribution in [0.15, 0.2) is 42.7 Å². The fourth-order valence-electron chi connectivity index (χ4n) is 3.04. The van der Waals surface area contributed by atoms with Crippen molar-refractivity contribution in [1.82, 2.24) is 14.9 Å². The fourth-order valence-corrected chi connectivity index (χ4v) is 3.04. The van der Waals surface area contributed by atoms with Gasteiger partial charge in [-0.15, -0.1) is 0 Å². The maximum atomic E-state index is 11.1. The molecule has 2 heterocycles. The highest BCUT2D eigenvalue weighted by Gasteiger charge is 2.37. The van der Waals surface area contributed by atoms with Gasteiger partial charge in [0.05, 0.1) is 5.60 Å². The summed E-state index contributed by atoms with van der Waals surface area (Å²) < 4.78 is 5.79. The molecule has 0 unspecified atom stereocenters. The van der Waals surface area contributed by atoms with Gasteiger partial charge in [0.1, 0.15) is 0 Å². The van der Waals surface area contributed by atoms with Gasteiger partial charge in [0.2, 0.25) is 0 Å². The van der Waals surface area contributed by atoms with Gasteiger partial charge in [-0.2, -0.15) is 0 Å². The van der Waals surface area contributed by atoms with Gasteiger partial charge in [0.25, 0.3) is 0 Å². The minimum atomic E-state index is -0.869. The lowest BCUT2D eigenvalue weighted by Gasteiger charge is -2.40. The lowest BCUT2D eigenvalue weighted by molar-refractivity contribution is -0.0582. The molecule has 1 aliphatic heterocycles. The largest absolute Gasteiger partial charge is 0.465 e. The van der Waals surface area contributed by atoms with Crippen molar-refractivity contribution in [2.75, 3.05) is 20.2 Å². The minimum absolute atomic E-state index is 0.429. The Morgan fingerprint density at radius 3 is 2.30 bits per heavy atom. The van der Waals surface area contributed by atoms with Crippen molar-refractivity contribution in [3.05, 3.63) is 48.3 Å². The predicted molar refractivity (Wildman–Crippen MR) is 85.0 cm³/mol. The van der Waals surface area contributed by atoms with Gasteiger partial charge >= 0.3 is 6.09 Å². The Morgan fingerprint density at radius 2 is 1.78 bits per heavy atom. The lowest BCUT2D eigenvalue weighted by atomic mass is 9.84. The predicted octanol–water partition coefficient (Wildman–Crippen LogP) is 2.76. The Labute approximate surface area is 134 Å². The maximum Gasteiger partial charge on any atom is 0.407 e. The first-order chi connectivity index (χ1) is 11.1. The number of piperidine rings is 1. The molecule has 3 rings (SSSR count). The van der Waals surface area contributed by atoms with E-state index < -0.39 is 11.7 Å². The van der Waals surface area contributed by atoms with Gasteiger partial charge in [0, 0.05) is 38.2 Å². The summed E-state index contributed by atoms with van der Waals surface area (Å²) in [4.78, 5) is 21.0. The molecule has 1 fully saturated rings. The van der Waals surface area contributed by atoms with Crippen LogP contribution in [0.2, 0.25) is 0 Å². The minimum Gasteiger partial charge on any atom is -0.465 e. The van der Waals surface area contributed by atoms with Crippen molar-refractivity contribution < 1.29 is 14.6 Å². The average molecular weight is 313 g/mol. The van der Waals surface area contributed by atoms with Crippen LogP contribution in [-0.2, 0) is 10.3 Å². The Kier molecular flexibility index (Phi) is 4.25. The maximum absolute atomic E-state index is 11.1. The van der Waals surface area contributed by atoms with Gasteiger partial charge in [-0.1, -0.05) is 24.3 Å². The standard InChI is InChI=1S/C17H19N3O3/c1-23-17(7-11-20(12-8-17)16(21)22)14-5-3-13(4-6-14)15-18-9-2-10-19-15/h2-6,9-10H,7-8,11-12H2,1H3,(H,21,22). The Morgan fingerprint density at radius 1 is 1.17 bits per heavy atom. The van der Waals surface area contributed by atoms with Crippen LogP contribution in [0.5, 0.6) is 0 Å². The SMILES string of the molecule is COC1(c2ccc(-c3ncccn3)cc2)CCN(C(=O)O)CC1. The van der Waals surface area contributed by atoms with E-state index in [1.54, 1.807) is 25.6 Å². The highest BCUT2D eigenvalue weighted by molar-refractivity contribution is 5.65. The van der Waals surface area contributed by atoms with Gasteiger partial charge in [-0.3, -0.25) is 0 Å². The smallest absolute Gasteiger partial charge is 0.407 e. The topological polar surface area (TPSA) is 75.6 Å². The summed E-state index contributed by atoms with van der Waals surface area (Å²) in [5, 5.41) is 9.09. The third-order valence-electron chi connectivity index (χ3n) is 4.47. The van der Waals surface area contributed by atoms with Gasteiger partial charge in [-0.25, -0.2) is 14.8 Å². The number of aromatic nitrogens is 2. The first kappa shape index (κ1) is 15.4. The summed E-state index contributed by atoms with van der Waals surface area (Å²) in [6.45, 7) is 0.958. The normalized spacial score (nSPS) is 17.0. The third-order valence-corrected chi connectivity index (χ3v) is 4.47. The number of amides is 1. The van der Waals surface area contributed by atoms with Crippen LogP contribution >= 0.6 is 0 Å². The van der Waals surface area contributed by atoms with E-state index in [1.165, 1.54) is 4.90 Å². The van der Waals surface area contributed by atoms with E-state index in [-0.39, 0.29) is 0 Å². The summed E-state index contributed by atoms with van der Waals surface area (Å²) in [6.07, 6.45) is 3.86. The summed E-state index contributed by atoms with van der Waals surface area (Å²) in [6, 6.07) is 9.79. The van der Waals surface area contributed by atoms with Crippen LogP contribution in [0.25, 0.3) is 11.4 Å². The van der Waals surface area contributed by atoms with E-state index >= 15 is 0 Å². The second-order valence-electron chi connectivity index (χ2n) is 5.62. The van der Waals surface area contributed by atoms with Crippen LogP contribution in [0.4, 0.5) is 4.79 Å². The molecule has 0 bridgehead atoms. The Hall–Kier alpha value is -2.47. The quantitative estimate of drug-likeness (QED) is 0.943. The molecular weight excluding hydrogens is 294 g/mol. The molecule has 1 aliphatic rings. The fraction of sp³-hybridized carbons (Fsp3) is 0.353. The van der Waals surface area contributed by atoms with Crippen molar-refractivity contribution in [2.45, 2.75) is 18.4 Å². The molecule has 0 aliphatic carbocycles. The zero-order valence-corrected chi connectivity index (χ0v) is 13.0. The molecule has 0 saturated carbocycles. The number of benzene rings is 1. The highest BCUT2D eigenvalue weighted by Crippen LogP contribution is 2.36. The second kappa shape index (κ2) is 6.34. The first-order valence-corrected chi connectivity index (χ1v) is 7.55. The number of ether oxygens (including phenoxy) is 1. The van der Waals surface area contributed by atoms with Gasteiger partial charge in [0.15, 0.2) is 5.82 Å². The summed E-state index contributed by atoms with van der Waals surface area (Å²) in [7, 11) is 1.69. The lowest BCUT2D eigenvalue weighted by Crippen LogP contribution is -2.45. The van der Waals surface area contributed by atoms with Crippen molar-refractivity contribution in [3.63, 3.8) is 0 Å². The molecule has 1 aromatic carbocycles. The van der Waals surface area contributed by atoms with E-state index in [9.17, 15) is 4.79 Å². The number of hydrogen-bond acceptors (Lipinski definition) is 4. The second-order valence-corrected chi connectivity index (χ2v) is 5.62. The number of nitrogens with zero attached hydrogens (tertiary/aromatic N) is 3. The molecule has 6 heteroatoms. The molecule has 0 spiro atoms.